The molecule has 24 atom stereocenters. The average Bonchev–Trinajstić information content (AvgIpc) is 1.40. The summed E-state index contributed by atoms with van der Waals surface area (Å²) in [5.74, 6) is 26.9. The van der Waals surface area contributed by atoms with Crippen molar-refractivity contribution in [1.29, 1.82) is 0 Å². The van der Waals surface area contributed by atoms with Crippen LogP contribution in [0.15, 0.2) is 0 Å². The van der Waals surface area contributed by atoms with E-state index in [4.69, 9.17) is 0 Å². The van der Waals surface area contributed by atoms with E-state index in [-0.39, 0.29) is 44.6 Å². The third-order valence-corrected chi connectivity index (χ3v) is 31.0. The summed E-state index contributed by atoms with van der Waals surface area (Å²) in [6.07, 6.45) is 72.2. The van der Waals surface area contributed by atoms with Crippen molar-refractivity contribution in [3.8, 4) is 0 Å². The molecule has 16 aliphatic rings. The molecular weight excluding hydrogens is 1230 g/mol. The normalized spacial score (nSPS) is 39.4. The molecule has 16 fully saturated rings. The Morgan fingerprint density at radius 2 is 0.392 bits per heavy atom. The highest BCUT2D eigenvalue weighted by Gasteiger charge is 2.76. The van der Waals surface area contributed by atoms with Crippen molar-refractivity contribution < 1.29 is 0 Å². The molecule has 102 heavy (non-hydrogen) atoms. The van der Waals surface area contributed by atoms with Crippen LogP contribution in [0.5, 0.6) is 0 Å². The van der Waals surface area contributed by atoms with Gasteiger partial charge in [-0.2, -0.15) is 0 Å². The summed E-state index contributed by atoms with van der Waals surface area (Å²) in [6.45, 7) is 50.9. The molecule has 0 nitrogen and oxygen atoms in total. The Kier molecular flexibility index (Phi) is 63.5. The van der Waals surface area contributed by atoms with Gasteiger partial charge in [0.25, 0.3) is 0 Å². The first-order valence-electron chi connectivity index (χ1n) is 47.5. The first kappa shape index (κ1) is 108. The molecular formula is C102H212. The molecule has 24 unspecified atom stereocenters. The van der Waals surface area contributed by atoms with Gasteiger partial charge in [-0.1, -0.05) is 442 Å². The summed E-state index contributed by atoms with van der Waals surface area (Å²) in [4.78, 5) is 0. The average molecular weight is 1440 g/mol. The van der Waals surface area contributed by atoms with Gasteiger partial charge in [0.1, 0.15) is 0 Å². The van der Waals surface area contributed by atoms with Gasteiger partial charge in [0.15, 0.2) is 0 Å². The maximum absolute atomic E-state index is 2.85. The lowest BCUT2D eigenvalue weighted by atomic mass is 9.33. The van der Waals surface area contributed by atoms with Crippen LogP contribution in [0.25, 0.3) is 0 Å². The highest BCUT2D eigenvalue weighted by atomic mass is 14.8. The summed E-state index contributed by atoms with van der Waals surface area (Å²) >= 11 is 0. The van der Waals surface area contributed by atoms with Gasteiger partial charge in [0, 0.05) is 0 Å². The van der Waals surface area contributed by atoms with E-state index >= 15 is 0 Å². The Morgan fingerprint density at radius 1 is 0.206 bits per heavy atom. The first-order valence-corrected chi connectivity index (χ1v) is 47.5. The van der Waals surface area contributed by atoms with Crippen molar-refractivity contribution in [1.82, 2.24) is 0 Å². The zero-order valence-electron chi connectivity index (χ0n) is 71.4. The van der Waals surface area contributed by atoms with Crippen molar-refractivity contribution in [2.24, 2.45) is 153 Å². The minimum Gasteiger partial charge on any atom is -0.0776 e. The van der Waals surface area contributed by atoms with Crippen LogP contribution in [0.2, 0.25) is 0 Å². The Balaban J connectivity index is -0.000000642. The number of fused-ring (bicyclic) bond motifs is 2. The second-order valence-electron chi connectivity index (χ2n) is 33.0. The van der Waals surface area contributed by atoms with Crippen molar-refractivity contribution in [2.75, 3.05) is 0 Å². The molecule has 0 saturated heterocycles. The molecule has 16 saturated carbocycles. The lowest BCUT2D eigenvalue weighted by Gasteiger charge is -2.71. The zero-order valence-corrected chi connectivity index (χ0v) is 71.4. The number of rotatable bonds is 4. The summed E-state index contributed by atoms with van der Waals surface area (Å²) in [5, 5.41) is 0. The summed E-state index contributed by atoms with van der Waals surface area (Å²) in [7, 11) is 0. The molecule has 2 spiro atoms. The maximum atomic E-state index is 2.85. The Bertz CT molecular complexity index is 1650. The summed E-state index contributed by atoms with van der Waals surface area (Å²) < 4.78 is 0. The summed E-state index contributed by atoms with van der Waals surface area (Å²) in [5.41, 5.74) is 1.56. The van der Waals surface area contributed by atoms with Gasteiger partial charge in [-0.3, -0.25) is 0 Å². The molecule has 0 aliphatic heterocycles. The minimum atomic E-state index is 0. The van der Waals surface area contributed by atoms with Crippen molar-refractivity contribution in [3.05, 3.63) is 0 Å². The fourth-order valence-corrected chi connectivity index (χ4v) is 29.9. The minimum absolute atomic E-state index is 0. The largest absolute Gasteiger partial charge is 0.0776 e. The fourth-order valence-electron chi connectivity index (χ4n) is 29.9. The molecule has 0 aromatic heterocycles. The van der Waals surface area contributed by atoms with Crippen LogP contribution >= 0.6 is 0 Å². The van der Waals surface area contributed by atoms with Gasteiger partial charge in [-0.25, -0.2) is 0 Å². The number of hydrogen-bond acceptors (Lipinski definition) is 0. The van der Waals surface area contributed by atoms with Crippen LogP contribution in [0.3, 0.4) is 0 Å². The van der Waals surface area contributed by atoms with Crippen LogP contribution in [0.1, 0.15) is 506 Å². The van der Waals surface area contributed by atoms with Crippen LogP contribution in [-0.2, 0) is 0 Å². The predicted molar refractivity (Wildman–Crippen MR) is 478 cm³/mol. The molecule has 620 valence electrons. The van der Waals surface area contributed by atoms with Gasteiger partial charge in [0.05, 0.1) is 0 Å². The number of hydrogen-bond donors (Lipinski definition) is 0. The van der Waals surface area contributed by atoms with E-state index in [1.165, 1.54) is 89.9 Å². The van der Waals surface area contributed by atoms with Crippen molar-refractivity contribution >= 4 is 0 Å². The van der Waals surface area contributed by atoms with E-state index < -0.39 is 0 Å². The Labute approximate surface area is 655 Å². The molecule has 16 rings (SSSR count). The van der Waals surface area contributed by atoms with Crippen LogP contribution in [0, 0.1) is 153 Å². The molecule has 0 bridgehead atoms. The van der Waals surface area contributed by atoms with Gasteiger partial charge in [-0.15, -0.1) is 0 Å². The van der Waals surface area contributed by atoms with Gasteiger partial charge < -0.3 is 0 Å². The van der Waals surface area contributed by atoms with Gasteiger partial charge >= 0.3 is 0 Å². The lowest BCUT2D eigenvalue weighted by Crippen LogP contribution is -2.66. The molecule has 0 aromatic rings. The van der Waals surface area contributed by atoms with Crippen LogP contribution in [0.4, 0.5) is 0 Å². The maximum Gasteiger partial charge on any atom is -0.0171 e. The van der Waals surface area contributed by atoms with Crippen LogP contribution in [-0.4, -0.2) is 0 Å². The smallest absolute Gasteiger partial charge is 0.0171 e. The Morgan fingerprint density at radius 3 is 0.637 bits per heavy atom. The van der Waals surface area contributed by atoms with Crippen molar-refractivity contribution in [3.63, 3.8) is 0 Å². The van der Waals surface area contributed by atoms with E-state index in [2.05, 4.69) is 27.7 Å². The molecule has 0 radical (unpaired) electrons. The first-order chi connectivity index (χ1) is 47.5. The molecule has 16 aliphatic carbocycles. The molecule has 0 aromatic carbocycles. The quantitative estimate of drug-likeness (QED) is 0.263. The van der Waals surface area contributed by atoms with E-state index in [9.17, 15) is 0 Å². The van der Waals surface area contributed by atoms with E-state index in [0.717, 1.165) is 153 Å². The fraction of sp³-hybridized carbons (Fsp3) is 1.00. The third kappa shape index (κ3) is 23.1. The lowest BCUT2D eigenvalue weighted by molar-refractivity contribution is -0.234. The zero-order chi connectivity index (χ0) is 71.4. The van der Waals surface area contributed by atoms with Crippen LogP contribution < -0.4 is 0 Å². The molecule has 0 N–H and O–H groups in total. The Hall–Kier alpha value is 0. The van der Waals surface area contributed by atoms with Gasteiger partial charge in [0.2, 0.25) is 0 Å². The highest BCUT2D eigenvalue weighted by Crippen LogP contribution is 2.82. The van der Waals surface area contributed by atoms with E-state index in [0.29, 0.717) is 0 Å². The van der Waals surface area contributed by atoms with E-state index in [1.54, 1.807) is 205 Å². The topological polar surface area (TPSA) is 0 Å². The van der Waals surface area contributed by atoms with Gasteiger partial charge in [-0.05, 0) is 217 Å². The van der Waals surface area contributed by atoms with E-state index in [1.807, 2.05) is 138 Å². The molecule has 0 heteroatoms. The van der Waals surface area contributed by atoms with Crippen molar-refractivity contribution in [2.45, 2.75) is 506 Å². The second-order valence-corrected chi connectivity index (χ2v) is 33.0. The second kappa shape index (κ2) is 59.8. The molecule has 0 amide bonds. The third-order valence-electron chi connectivity index (χ3n) is 31.0. The predicted octanol–water partition coefficient (Wildman–Crippen LogP) is 37.0. The summed E-state index contributed by atoms with van der Waals surface area (Å²) in [6, 6.07) is 0. The SMILES string of the molecule is C.C.C.C.C.C.C1CCCCC1.C1CCCCC1.CC.CC.CC.CC.CC.CC.CC.CC.CC.CC.CCC1C2CCCC3CC4CCCC5C(C6CCCCC6)C6CCCCC6C(C1C)(C32)C45.CCC1C2CCCC3CC4CCCC5C(C6CCCCC6)C6CCCCC6C(C1C)(C32)C45. The molecule has 0 heterocycles. The standard InChI is InChI=1S/2C32H52.2C6H12.10C2H6.6CH4/c2*1-3-24-20(2)32-28-18-8-7-15-26(28)29(21-11-5-4-6-12-21)27-17-10-14-23(31(27)32)19-22-13-9-16-25(24)30(22)32;2*1-2-4-6-5-3-1;10*1-2;;;;;;/h2*20-31H,3-19H2,1-2H3;2*1-6H2;10*1-2H3;6*1H4. The highest BCUT2D eigenvalue weighted by molar-refractivity contribution is 5.24. The monoisotopic (exact) mass is 1440 g/mol.